The minimum atomic E-state index is -0.290. The number of ether oxygens (including phenoxy) is 2. The number of carbonyl (C=O) groups excluding carboxylic acids is 2. The van der Waals surface area contributed by atoms with E-state index < -0.39 is 0 Å². The number of H-pyrrole nitrogens is 2. The smallest absolute Gasteiger partial charge is 0.323 e. The summed E-state index contributed by atoms with van der Waals surface area (Å²) in [4.78, 5) is 47.2. The summed E-state index contributed by atoms with van der Waals surface area (Å²) < 4.78 is 10.6. The van der Waals surface area contributed by atoms with Crippen LogP contribution in [-0.2, 0) is 0 Å². The Balaban J connectivity index is 1.30. The average molecular weight is 465 g/mol. The van der Waals surface area contributed by atoms with Crippen LogP contribution in [0.5, 0.6) is 11.5 Å². The molecule has 1 aromatic heterocycles. The van der Waals surface area contributed by atoms with Crippen LogP contribution in [0.1, 0.15) is 40.0 Å². The zero-order valence-corrected chi connectivity index (χ0v) is 19.3. The van der Waals surface area contributed by atoms with Gasteiger partial charge < -0.3 is 29.2 Å². The molecule has 0 bridgehead atoms. The maximum atomic E-state index is 13.3. The first-order valence-electron chi connectivity index (χ1n) is 11.4. The van der Waals surface area contributed by atoms with Crippen LogP contribution in [0.2, 0.25) is 0 Å². The van der Waals surface area contributed by atoms with E-state index in [9.17, 15) is 14.4 Å². The van der Waals surface area contributed by atoms with Gasteiger partial charge in [-0.1, -0.05) is 0 Å². The second-order valence-electron chi connectivity index (χ2n) is 9.22. The molecule has 2 aliphatic heterocycles. The molecule has 0 aliphatic carbocycles. The van der Waals surface area contributed by atoms with Gasteiger partial charge in [-0.2, -0.15) is 0 Å². The third-order valence-electron chi connectivity index (χ3n) is 7.07. The number of rotatable bonds is 4. The molecular formula is C25H28N4O5. The van der Waals surface area contributed by atoms with Crippen molar-refractivity contribution in [2.75, 3.05) is 40.4 Å². The Labute approximate surface area is 196 Å². The van der Waals surface area contributed by atoms with Gasteiger partial charge in [-0.25, -0.2) is 4.79 Å². The number of nitrogens with zero attached hydrogens (tertiary/aromatic N) is 2. The third-order valence-corrected chi connectivity index (χ3v) is 7.07. The molecule has 9 nitrogen and oxygen atoms in total. The Morgan fingerprint density at radius 3 is 2.21 bits per heavy atom. The monoisotopic (exact) mass is 464 g/mol. The van der Waals surface area contributed by atoms with Gasteiger partial charge in [0.25, 0.3) is 11.8 Å². The van der Waals surface area contributed by atoms with Gasteiger partial charge >= 0.3 is 5.69 Å². The number of piperidine rings is 1. The molecule has 2 aliphatic rings. The van der Waals surface area contributed by atoms with E-state index in [0.717, 1.165) is 19.3 Å². The zero-order chi connectivity index (χ0) is 23.9. The van der Waals surface area contributed by atoms with Gasteiger partial charge in [0.1, 0.15) is 0 Å². The van der Waals surface area contributed by atoms with Gasteiger partial charge in [-0.3, -0.25) is 9.59 Å². The topological polar surface area (TPSA) is 108 Å². The molecule has 3 heterocycles. The molecule has 2 amide bonds. The lowest BCUT2D eigenvalue weighted by Crippen LogP contribution is -2.47. The summed E-state index contributed by atoms with van der Waals surface area (Å²) >= 11 is 0. The predicted molar refractivity (Wildman–Crippen MR) is 127 cm³/mol. The first-order chi connectivity index (χ1) is 16.4. The van der Waals surface area contributed by atoms with Crippen molar-refractivity contribution in [2.45, 2.75) is 19.3 Å². The van der Waals surface area contributed by atoms with E-state index in [0.29, 0.717) is 59.8 Å². The molecule has 5 rings (SSSR count). The van der Waals surface area contributed by atoms with E-state index in [4.69, 9.17) is 9.47 Å². The van der Waals surface area contributed by atoms with Crippen LogP contribution in [0, 0.1) is 5.41 Å². The summed E-state index contributed by atoms with van der Waals surface area (Å²) in [6, 6.07) is 10.4. The van der Waals surface area contributed by atoms with Crippen LogP contribution in [0.4, 0.5) is 0 Å². The molecule has 2 saturated heterocycles. The number of benzene rings is 2. The first-order valence-corrected chi connectivity index (χ1v) is 11.4. The van der Waals surface area contributed by atoms with Gasteiger partial charge in [0.05, 0.1) is 25.3 Å². The lowest BCUT2D eigenvalue weighted by molar-refractivity contribution is 0.0516. The van der Waals surface area contributed by atoms with E-state index in [-0.39, 0.29) is 22.9 Å². The number of aromatic amines is 2. The highest BCUT2D eigenvalue weighted by atomic mass is 16.5. The molecule has 1 atom stereocenters. The number of carbonyl (C=O) groups is 2. The molecular weight excluding hydrogens is 436 g/mol. The number of hydrogen-bond acceptors (Lipinski definition) is 5. The molecule has 3 aromatic rings. The fourth-order valence-corrected chi connectivity index (χ4v) is 5.32. The number of imidazole rings is 1. The number of likely N-dealkylation sites (tertiary alicyclic amines) is 2. The lowest BCUT2D eigenvalue weighted by Gasteiger charge is -2.40. The largest absolute Gasteiger partial charge is 0.493 e. The first kappa shape index (κ1) is 22.1. The molecule has 34 heavy (non-hydrogen) atoms. The van der Waals surface area contributed by atoms with Crippen LogP contribution < -0.4 is 15.2 Å². The van der Waals surface area contributed by atoms with Crippen molar-refractivity contribution in [3.8, 4) is 11.5 Å². The summed E-state index contributed by atoms with van der Waals surface area (Å²) in [5.41, 5.74) is 2.02. The molecule has 1 unspecified atom stereocenters. The fourth-order valence-electron chi connectivity index (χ4n) is 5.32. The van der Waals surface area contributed by atoms with Crippen molar-refractivity contribution in [1.82, 2.24) is 19.8 Å². The van der Waals surface area contributed by atoms with Crippen LogP contribution in [0.3, 0.4) is 0 Å². The molecule has 2 N–H and O–H groups in total. The minimum Gasteiger partial charge on any atom is -0.493 e. The Morgan fingerprint density at radius 2 is 1.47 bits per heavy atom. The molecule has 2 aromatic carbocycles. The molecule has 1 spiro atoms. The van der Waals surface area contributed by atoms with Gasteiger partial charge in [0, 0.05) is 42.7 Å². The van der Waals surface area contributed by atoms with Gasteiger partial charge in [0.2, 0.25) is 0 Å². The third kappa shape index (κ3) is 3.91. The standard InChI is InChI=1S/C25H28N4O5/c1-33-20-7-5-17(13-21(20)34-2)23(31)29-11-9-25(15-29)8-3-10-28(14-25)22(30)16-4-6-18-19(12-16)27-24(32)26-18/h4-7,12-13H,3,8-11,14-15H2,1-2H3,(H2,26,27,32). The van der Waals surface area contributed by atoms with E-state index in [1.54, 1.807) is 50.6 Å². The van der Waals surface area contributed by atoms with E-state index in [2.05, 4.69) is 9.97 Å². The normalized spacial score (nSPS) is 20.2. The Hall–Kier alpha value is -3.75. The maximum absolute atomic E-state index is 13.3. The maximum Gasteiger partial charge on any atom is 0.323 e. The minimum absolute atomic E-state index is 0.0388. The summed E-state index contributed by atoms with van der Waals surface area (Å²) in [6.07, 6.45) is 2.74. The van der Waals surface area contributed by atoms with E-state index in [1.165, 1.54) is 0 Å². The fraction of sp³-hybridized carbons (Fsp3) is 0.400. The molecule has 0 saturated carbocycles. The zero-order valence-electron chi connectivity index (χ0n) is 19.3. The summed E-state index contributed by atoms with van der Waals surface area (Å²) in [6.45, 7) is 2.58. The highest BCUT2D eigenvalue weighted by Crippen LogP contribution is 2.40. The second-order valence-corrected chi connectivity index (χ2v) is 9.22. The number of aromatic nitrogens is 2. The average Bonchev–Trinajstić information content (AvgIpc) is 3.44. The molecule has 2 fully saturated rings. The molecule has 178 valence electrons. The van der Waals surface area contributed by atoms with Gasteiger partial charge in [-0.05, 0) is 55.7 Å². The van der Waals surface area contributed by atoms with Crippen molar-refractivity contribution in [2.24, 2.45) is 5.41 Å². The van der Waals surface area contributed by atoms with Crippen LogP contribution in [0.15, 0.2) is 41.2 Å². The summed E-state index contributed by atoms with van der Waals surface area (Å²) in [5.74, 6) is 1.02. The Kier molecular flexibility index (Phi) is 5.55. The second kappa shape index (κ2) is 8.55. The molecule has 9 heteroatoms. The van der Waals surface area contributed by atoms with Crippen LogP contribution >= 0.6 is 0 Å². The number of fused-ring (bicyclic) bond motifs is 1. The quantitative estimate of drug-likeness (QED) is 0.617. The van der Waals surface area contributed by atoms with Crippen LogP contribution in [0.25, 0.3) is 11.0 Å². The number of hydrogen-bond donors (Lipinski definition) is 2. The summed E-state index contributed by atoms with van der Waals surface area (Å²) in [5, 5.41) is 0. The van der Waals surface area contributed by atoms with Gasteiger partial charge in [0.15, 0.2) is 11.5 Å². The Bertz CT molecular complexity index is 1310. The number of methoxy groups -OCH3 is 2. The highest BCUT2D eigenvalue weighted by Gasteiger charge is 2.44. The number of amides is 2. The predicted octanol–water partition coefficient (Wildman–Crippen LogP) is 2.64. The van der Waals surface area contributed by atoms with Crippen molar-refractivity contribution < 1.29 is 19.1 Å². The van der Waals surface area contributed by atoms with E-state index in [1.807, 2.05) is 9.80 Å². The summed E-state index contributed by atoms with van der Waals surface area (Å²) in [7, 11) is 3.12. The van der Waals surface area contributed by atoms with Crippen molar-refractivity contribution in [1.29, 1.82) is 0 Å². The SMILES string of the molecule is COc1ccc(C(=O)N2CCC3(CCCN(C(=O)c4ccc5[nH]c(=O)[nH]c5c4)C3)C2)cc1OC. The van der Waals surface area contributed by atoms with Crippen molar-refractivity contribution in [3.63, 3.8) is 0 Å². The lowest BCUT2D eigenvalue weighted by atomic mass is 9.79. The Morgan fingerprint density at radius 1 is 0.824 bits per heavy atom. The van der Waals surface area contributed by atoms with Gasteiger partial charge in [-0.15, -0.1) is 0 Å². The number of nitrogens with one attached hydrogen (secondary N) is 2. The highest BCUT2D eigenvalue weighted by molar-refractivity contribution is 5.97. The van der Waals surface area contributed by atoms with E-state index >= 15 is 0 Å². The van der Waals surface area contributed by atoms with Crippen molar-refractivity contribution >= 4 is 22.8 Å². The van der Waals surface area contributed by atoms with Crippen molar-refractivity contribution in [3.05, 3.63) is 58.0 Å². The molecule has 0 radical (unpaired) electrons. The van der Waals surface area contributed by atoms with Crippen LogP contribution in [-0.4, -0.2) is 72.0 Å².